The van der Waals surface area contributed by atoms with Crippen molar-refractivity contribution in [1.82, 2.24) is 0 Å². The molecule has 1 aliphatic rings. The third kappa shape index (κ3) is 4.92. The van der Waals surface area contributed by atoms with Gasteiger partial charge in [-0.05, 0) is 30.7 Å². The number of hydrogen-bond acceptors (Lipinski definition) is 3. The highest BCUT2D eigenvalue weighted by Gasteiger charge is 2.38. The average Bonchev–Trinajstić information content (AvgIpc) is 2.58. The van der Waals surface area contributed by atoms with E-state index in [2.05, 4.69) is 13.8 Å². The summed E-state index contributed by atoms with van der Waals surface area (Å²) in [5.41, 5.74) is 0. The zero-order valence-electron chi connectivity index (χ0n) is 11.1. The van der Waals surface area contributed by atoms with E-state index in [1.165, 1.54) is 0 Å². The molecular weight excluding hydrogens is 235 g/mol. The summed E-state index contributed by atoms with van der Waals surface area (Å²) in [4.78, 5) is 11.7. The van der Waals surface area contributed by atoms with Crippen LogP contribution in [-0.2, 0) is 20.6 Å². The summed E-state index contributed by atoms with van der Waals surface area (Å²) in [7, 11) is 0. The summed E-state index contributed by atoms with van der Waals surface area (Å²) in [5.74, 6) is 0.944. The molecule has 3 unspecified atom stereocenters. The van der Waals surface area contributed by atoms with Crippen LogP contribution < -0.4 is 0 Å². The normalized spacial score (nSPS) is 28.1. The Morgan fingerprint density at radius 3 is 2.82 bits per heavy atom. The molecule has 0 spiro atoms. The Bertz CT molecular complexity index is 240. The second-order valence-electron chi connectivity index (χ2n) is 5.04. The lowest BCUT2D eigenvalue weighted by atomic mass is 9.66. The molecule has 1 saturated heterocycles. The van der Waals surface area contributed by atoms with Crippen molar-refractivity contribution in [2.75, 3.05) is 5.75 Å². The third-order valence-corrected chi connectivity index (χ3v) is 5.36. The van der Waals surface area contributed by atoms with E-state index >= 15 is 0 Å². The molecule has 1 heterocycles. The van der Waals surface area contributed by atoms with E-state index in [1.807, 2.05) is 6.82 Å². The average molecular weight is 258 g/mol. The Hall–Kier alpha value is -0.155. The molecule has 3 nitrogen and oxygen atoms in total. The molecule has 0 aromatic rings. The van der Waals surface area contributed by atoms with Gasteiger partial charge in [-0.3, -0.25) is 4.79 Å². The van der Waals surface area contributed by atoms with E-state index in [0.29, 0.717) is 12.3 Å². The van der Waals surface area contributed by atoms with Gasteiger partial charge in [-0.1, -0.05) is 26.7 Å². The van der Waals surface area contributed by atoms with Crippen molar-refractivity contribution in [3.05, 3.63) is 0 Å². The van der Waals surface area contributed by atoms with E-state index in [4.69, 9.17) is 4.65 Å². The van der Waals surface area contributed by atoms with Gasteiger partial charge in [0.15, 0.2) is 0 Å². The number of carbonyl (C=O) groups is 1. The molecule has 1 aliphatic heterocycles. The molecule has 98 valence electrons. The van der Waals surface area contributed by atoms with Crippen LogP contribution in [0, 0.1) is 5.92 Å². The standard InChI is InChI=1S/C12H23BO3S/c1-4-5-7-13(3)16-12(14)9-11-10(2)6-8-17(11)15/h10-11H,4-9H2,1-3H3. The van der Waals surface area contributed by atoms with Crippen molar-refractivity contribution in [1.29, 1.82) is 0 Å². The van der Waals surface area contributed by atoms with Crippen LogP contribution in [-0.4, -0.2) is 28.4 Å². The van der Waals surface area contributed by atoms with Crippen molar-refractivity contribution >= 4 is 24.1 Å². The molecular formula is C12H23BO3S. The smallest absolute Gasteiger partial charge is 0.358 e. The maximum atomic E-state index is 11.7. The van der Waals surface area contributed by atoms with Gasteiger partial charge >= 0.3 is 6.92 Å². The first-order valence-electron chi connectivity index (χ1n) is 6.61. The van der Waals surface area contributed by atoms with Crippen LogP contribution in [0.5, 0.6) is 0 Å². The predicted octanol–water partition coefficient (Wildman–Crippen LogP) is 2.50. The minimum Gasteiger partial charge on any atom is -0.616 e. The van der Waals surface area contributed by atoms with Crippen LogP contribution >= 0.6 is 0 Å². The summed E-state index contributed by atoms with van der Waals surface area (Å²) >= 11 is -0.832. The minimum absolute atomic E-state index is 0.00686. The first-order valence-corrected chi connectivity index (χ1v) is 7.99. The molecule has 0 amide bonds. The van der Waals surface area contributed by atoms with Gasteiger partial charge in [-0.2, -0.15) is 0 Å². The zero-order chi connectivity index (χ0) is 12.8. The van der Waals surface area contributed by atoms with E-state index in [0.717, 1.165) is 31.3 Å². The van der Waals surface area contributed by atoms with Crippen molar-refractivity contribution in [2.24, 2.45) is 5.92 Å². The maximum Gasteiger partial charge on any atom is 0.358 e. The van der Waals surface area contributed by atoms with Crippen LogP contribution in [0.3, 0.4) is 0 Å². The Morgan fingerprint density at radius 1 is 1.59 bits per heavy atom. The van der Waals surface area contributed by atoms with Crippen LogP contribution in [0.1, 0.15) is 39.5 Å². The summed E-state index contributed by atoms with van der Waals surface area (Å²) in [5, 5.41) is 0.0147. The number of hydrogen-bond donors (Lipinski definition) is 0. The lowest BCUT2D eigenvalue weighted by molar-refractivity contribution is -0.134. The first-order chi connectivity index (χ1) is 8.04. The lowest BCUT2D eigenvalue weighted by Crippen LogP contribution is -2.28. The summed E-state index contributed by atoms with van der Waals surface area (Å²) in [6, 6.07) is 0. The van der Waals surface area contributed by atoms with Crippen LogP contribution in [0.2, 0.25) is 13.1 Å². The first kappa shape index (κ1) is 14.9. The van der Waals surface area contributed by atoms with Crippen molar-refractivity contribution < 1.29 is 14.0 Å². The Kier molecular flexibility index (Phi) is 6.42. The van der Waals surface area contributed by atoms with Crippen LogP contribution in [0.15, 0.2) is 0 Å². The maximum absolute atomic E-state index is 11.7. The molecule has 5 heteroatoms. The molecule has 1 rings (SSSR count). The van der Waals surface area contributed by atoms with E-state index < -0.39 is 11.2 Å². The highest BCUT2D eigenvalue weighted by Crippen LogP contribution is 2.29. The Labute approximate surface area is 108 Å². The fourth-order valence-corrected chi connectivity index (χ4v) is 4.06. The van der Waals surface area contributed by atoms with Crippen molar-refractivity contribution in [3.63, 3.8) is 0 Å². The Morgan fingerprint density at radius 2 is 2.29 bits per heavy atom. The van der Waals surface area contributed by atoms with Gasteiger partial charge in [-0.15, -0.1) is 0 Å². The fourth-order valence-electron chi connectivity index (χ4n) is 2.18. The van der Waals surface area contributed by atoms with Crippen LogP contribution in [0.25, 0.3) is 0 Å². The third-order valence-electron chi connectivity index (χ3n) is 3.41. The molecule has 17 heavy (non-hydrogen) atoms. The molecule has 0 aromatic heterocycles. The topological polar surface area (TPSA) is 49.4 Å². The molecule has 0 aliphatic carbocycles. The van der Waals surface area contributed by atoms with Crippen molar-refractivity contribution in [2.45, 2.75) is 57.9 Å². The van der Waals surface area contributed by atoms with E-state index in [9.17, 15) is 9.35 Å². The minimum atomic E-state index is -0.832. The van der Waals surface area contributed by atoms with Gasteiger partial charge in [0.1, 0.15) is 11.0 Å². The van der Waals surface area contributed by atoms with Gasteiger partial charge < -0.3 is 9.21 Å². The number of unbranched alkanes of at least 4 members (excludes halogenated alkanes) is 1. The predicted molar refractivity (Wildman–Crippen MR) is 72.6 cm³/mol. The van der Waals surface area contributed by atoms with Gasteiger partial charge in [0, 0.05) is 5.92 Å². The Balaban J connectivity index is 2.28. The fraction of sp³-hybridized carbons (Fsp3) is 0.917. The van der Waals surface area contributed by atoms with Crippen LogP contribution in [0.4, 0.5) is 0 Å². The second kappa shape index (κ2) is 7.32. The molecule has 0 N–H and O–H groups in total. The molecule has 0 aromatic carbocycles. The highest BCUT2D eigenvalue weighted by molar-refractivity contribution is 7.92. The SMILES string of the molecule is CCCCB(C)OC(=O)CC1C(C)CC[S+]1[O-]. The quantitative estimate of drug-likeness (QED) is 0.543. The summed E-state index contributed by atoms with van der Waals surface area (Å²) in [6.45, 7) is 6.12. The van der Waals surface area contributed by atoms with E-state index in [-0.39, 0.29) is 18.1 Å². The highest BCUT2D eigenvalue weighted by atomic mass is 32.2. The molecule has 3 atom stereocenters. The van der Waals surface area contributed by atoms with E-state index in [1.54, 1.807) is 0 Å². The molecule has 0 saturated carbocycles. The second-order valence-corrected chi connectivity index (χ2v) is 6.81. The summed E-state index contributed by atoms with van der Waals surface area (Å²) in [6.07, 6.45) is 4.41. The summed E-state index contributed by atoms with van der Waals surface area (Å²) < 4.78 is 17.0. The molecule has 1 fully saturated rings. The van der Waals surface area contributed by atoms with Gasteiger partial charge in [0.05, 0.1) is 6.42 Å². The largest absolute Gasteiger partial charge is 0.616 e. The molecule has 0 bridgehead atoms. The van der Waals surface area contributed by atoms with Crippen molar-refractivity contribution in [3.8, 4) is 0 Å². The van der Waals surface area contributed by atoms with Gasteiger partial charge in [0.2, 0.25) is 0 Å². The zero-order valence-corrected chi connectivity index (χ0v) is 11.9. The number of carbonyl (C=O) groups excluding carboxylic acids is 1. The van der Waals surface area contributed by atoms with Gasteiger partial charge in [0.25, 0.3) is 5.97 Å². The monoisotopic (exact) mass is 258 g/mol. The molecule has 0 radical (unpaired) electrons. The van der Waals surface area contributed by atoms with Gasteiger partial charge in [-0.25, -0.2) is 0 Å². The number of rotatable bonds is 6. The lowest BCUT2D eigenvalue weighted by Gasteiger charge is -2.17.